The van der Waals surface area contributed by atoms with Gasteiger partial charge in [0.05, 0.1) is 6.54 Å². The van der Waals surface area contributed by atoms with E-state index in [2.05, 4.69) is 39.4 Å². The number of thiophene rings is 1. The maximum atomic E-state index is 5.62. The van der Waals surface area contributed by atoms with E-state index in [0.29, 0.717) is 0 Å². The summed E-state index contributed by atoms with van der Waals surface area (Å²) in [5.41, 5.74) is 1.26. The van der Waals surface area contributed by atoms with Crippen LogP contribution in [0.2, 0.25) is 0 Å². The standard InChI is InChI=1S/C15H25N3OS/c1-2-16-15(18-10-14-6-9-20-12-14)17-7-3-8-19-11-13-4-5-13/h6,9,12-13H,2-5,7-8,10-11H2,1H3,(H2,16,17,18). The highest BCUT2D eigenvalue weighted by Crippen LogP contribution is 2.28. The minimum absolute atomic E-state index is 0.733. The Bertz CT molecular complexity index is 388. The largest absolute Gasteiger partial charge is 0.381 e. The molecule has 0 amide bonds. The number of guanidine groups is 1. The molecule has 1 aliphatic rings. The normalized spacial score (nSPS) is 15.3. The summed E-state index contributed by atoms with van der Waals surface area (Å²) in [5.74, 6) is 1.74. The lowest BCUT2D eigenvalue weighted by molar-refractivity contribution is 0.123. The van der Waals surface area contributed by atoms with Crippen LogP contribution in [0.15, 0.2) is 21.8 Å². The van der Waals surface area contributed by atoms with E-state index in [-0.39, 0.29) is 0 Å². The summed E-state index contributed by atoms with van der Waals surface area (Å²) in [4.78, 5) is 4.57. The molecule has 4 nitrogen and oxygen atoms in total. The predicted molar refractivity (Wildman–Crippen MR) is 85.3 cm³/mol. The average Bonchev–Trinajstić information content (AvgIpc) is 3.13. The monoisotopic (exact) mass is 295 g/mol. The number of hydrogen-bond acceptors (Lipinski definition) is 3. The van der Waals surface area contributed by atoms with Crippen LogP contribution in [-0.4, -0.2) is 32.3 Å². The molecule has 1 aromatic heterocycles. The van der Waals surface area contributed by atoms with Gasteiger partial charge in [-0.3, -0.25) is 0 Å². The Kier molecular flexibility index (Phi) is 6.88. The first-order valence-electron chi connectivity index (χ1n) is 7.49. The van der Waals surface area contributed by atoms with Gasteiger partial charge in [-0.15, -0.1) is 0 Å². The molecule has 1 fully saturated rings. The predicted octanol–water partition coefficient (Wildman–Crippen LogP) is 2.62. The Labute approximate surface area is 125 Å². The summed E-state index contributed by atoms with van der Waals surface area (Å²) >= 11 is 1.71. The summed E-state index contributed by atoms with van der Waals surface area (Å²) in [6, 6.07) is 2.11. The Balaban J connectivity index is 1.59. The average molecular weight is 295 g/mol. The molecule has 2 rings (SSSR count). The fraction of sp³-hybridized carbons (Fsp3) is 0.667. The number of hydrogen-bond donors (Lipinski definition) is 2. The Morgan fingerprint density at radius 3 is 3.05 bits per heavy atom. The van der Waals surface area contributed by atoms with Crippen LogP contribution in [-0.2, 0) is 11.3 Å². The molecule has 0 aromatic carbocycles. The molecule has 0 spiro atoms. The molecule has 0 bridgehead atoms. The summed E-state index contributed by atoms with van der Waals surface area (Å²) in [7, 11) is 0. The van der Waals surface area contributed by atoms with E-state index < -0.39 is 0 Å². The van der Waals surface area contributed by atoms with Crippen LogP contribution in [0.3, 0.4) is 0 Å². The first-order valence-corrected chi connectivity index (χ1v) is 8.43. The molecule has 0 saturated heterocycles. The van der Waals surface area contributed by atoms with E-state index in [1.54, 1.807) is 11.3 Å². The molecular weight excluding hydrogens is 270 g/mol. The summed E-state index contributed by atoms with van der Waals surface area (Å²) in [6.07, 6.45) is 3.74. The van der Waals surface area contributed by atoms with Gasteiger partial charge in [-0.05, 0) is 54.5 Å². The van der Waals surface area contributed by atoms with Crippen LogP contribution in [0, 0.1) is 5.92 Å². The van der Waals surface area contributed by atoms with E-state index >= 15 is 0 Å². The second-order valence-corrected chi connectivity index (χ2v) is 5.91. The van der Waals surface area contributed by atoms with E-state index in [0.717, 1.165) is 51.1 Å². The van der Waals surface area contributed by atoms with Crippen molar-refractivity contribution in [2.75, 3.05) is 26.3 Å². The molecule has 5 heteroatoms. The van der Waals surface area contributed by atoms with E-state index in [1.165, 1.54) is 18.4 Å². The third kappa shape index (κ3) is 6.39. The number of nitrogens with zero attached hydrogens (tertiary/aromatic N) is 1. The molecule has 1 aliphatic carbocycles. The fourth-order valence-electron chi connectivity index (χ4n) is 1.81. The fourth-order valence-corrected chi connectivity index (χ4v) is 2.47. The van der Waals surface area contributed by atoms with Crippen molar-refractivity contribution in [3.63, 3.8) is 0 Å². The lowest BCUT2D eigenvalue weighted by Gasteiger charge is -2.11. The molecule has 1 heterocycles. The van der Waals surface area contributed by atoms with Crippen molar-refractivity contribution >= 4 is 17.3 Å². The van der Waals surface area contributed by atoms with Gasteiger partial charge in [0, 0.05) is 26.3 Å². The van der Waals surface area contributed by atoms with Crippen LogP contribution >= 0.6 is 11.3 Å². The minimum Gasteiger partial charge on any atom is -0.381 e. The summed E-state index contributed by atoms with van der Waals surface area (Å²) in [5, 5.41) is 10.8. The second-order valence-electron chi connectivity index (χ2n) is 5.13. The maximum absolute atomic E-state index is 5.62. The van der Waals surface area contributed by atoms with Gasteiger partial charge in [-0.1, -0.05) is 0 Å². The van der Waals surface area contributed by atoms with Gasteiger partial charge >= 0.3 is 0 Å². The molecule has 112 valence electrons. The van der Waals surface area contributed by atoms with E-state index in [4.69, 9.17) is 4.74 Å². The molecular formula is C15H25N3OS. The zero-order valence-electron chi connectivity index (χ0n) is 12.2. The molecule has 1 aromatic rings. The van der Waals surface area contributed by atoms with Crippen LogP contribution in [0.5, 0.6) is 0 Å². The van der Waals surface area contributed by atoms with Gasteiger partial charge < -0.3 is 15.4 Å². The Morgan fingerprint density at radius 1 is 1.45 bits per heavy atom. The van der Waals surface area contributed by atoms with Gasteiger partial charge in [0.15, 0.2) is 5.96 Å². The molecule has 20 heavy (non-hydrogen) atoms. The Hall–Kier alpha value is -1.07. The van der Waals surface area contributed by atoms with Gasteiger partial charge in [-0.2, -0.15) is 11.3 Å². The smallest absolute Gasteiger partial charge is 0.191 e. The second kappa shape index (κ2) is 8.97. The summed E-state index contributed by atoms with van der Waals surface area (Å²) in [6.45, 7) is 6.39. The zero-order valence-corrected chi connectivity index (χ0v) is 13.0. The number of aliphatic imine (C=N–C) groups is 1. The van der Waals surface area contributed by atoms with Gasteiger partial charge in [0.1, 0.15) is 0 Å². The molecule has 0 atom stereocenters. The minimum atomic E-state index is 0.733. The molecule has 0 radical (unpaired) electrons. The van der Waals surface area contributed by atoms with Crippen molar-refractivity contribution in [1.29, 1.82) is 0 Å². The highest BCUT2D eigenvalue weighted by molar-refractivity contribution is 7.07. The third-order valence-corrected chi connectivity index (χ3v) is 3.88. The highest BCUT2D eigenvalue weighted by Gasteiger charge is 2.20. The van der Waals surface area contributed by atoms with Crippen LogP contribution in [0.25, 0.3) is 0 Å². The van der Waals surface area contributed by atoms with Crippen molar-refractivity contribution in [3.05, 3.63) is 22.4 Å². The summed E-state index contributed by atoms with van der Waals surface area (Å²) < 4.78 is 5.62. The van der Waals surface area contributed by atoms with Crippen molar-refractivity contribution in [3.8, 4) is 0 Å². The van der Waals surface area contributed by atoms with E-state index in [1.807, 2.05) is 0 Å². The van der Waals surface area contributed by atoms with E-state index in [9.17, 15) is 0 Å². The lowest BCUT2D eigenvalue weighted by atomic mass is 10.3. The molecule has 2 N–H and O–H groups in total. The SMILES string of the molecule is CCNC(=NCc1ccsc1)NCCCOCC1CC1. The van der Waals surface area contributed by atoms with Crippen molar-refractivity contribution in [2.24, 2.45) is 10.9 Å². The zero-order chi connectivity index (χ0) is 14.0. The molecule has 0 aliphatic heterocycles. The lowest BCUT2D eigenvalue weighted by Crippen LogP contribution is -2.38. The first kappa shape index (κ1) is 15.3. The van der Waals surface area contributed by atoms with Crippen molar-refractivity contribution in [2.45, 2.75) is 32.7 Å². The number of rotatable bonds is 9. The van der Waals surface area contributed by atoms with Gasteiger partial charge in [0.25, 0.3) is 0 Å². The topological polar surface area (TPSA) is 45.7 Å². The van der Waals surface area contributed by atoms with Gasteiger partial charge in [0.2, 0.25) is 0 Å². The highest BCUT2D eigenvalue weighted by atomic mass is 32.1. The Morgan fingerprint density at radius 2 is 2.35 bits per heavy atom. The maximum Gasteiger partial charge on any atom is 0.191 e. The van der Waals surface area contributed by atoms with Crippen LogP contribution in [0.1, 0.15) is 31.7 Å². The van der Waals surface area contributed by atoms with Crippen molar-refractivity contribution < 1.29 is 4.74 Å². The first-order chi connectivity index (χ1) is 9.88. The van der Waals surface area contributed by atoms with Crippen LogP contribution in [0.4, 0.5) is 0 Å². The van der Waals surface area contributed by atoms with Crippen molar-refractivity contribution in [1.82, 2.24) is 10.6 Å². The molecule has 1 saturated carbocycles. The molecule has 0 unspecified atom stereocenters. The van der Waals surface area contributed by atoms with Gasteiger partial charge in [-0.25, -0.2) is 4.99 Å². The number of ether oxygens (including phenoxy) is 1. The van der Waals surface area contributed by atoms with Crippen LogP contribution < -0.4 is 10.6 Å². The quantitative estimate of drug-likeness (QED) is 0.418. The number of nitrogens with one attached hydrogen (secondary N) is 2. The third-order valence-electron chi connectivity index (χ3n) is 3.15.